The van der Waals surface area contributed by atoms with Gasteiger partial charge in [-0.25, -0.2) is 0 Å². The Kier molecular flexibility index (Phi) is 4.22. The standard InChI is InChI=1S/C19H14ClNO2/c1-12-10-21-17(11-22)18(12)15-4-2-3-5-16(15)19(23)13-6-8-14(20)9-7-13/h2-9,11H,10H2,1H3. The van der Waals surface area contributed by atoms with Gasteiger partial charge in [0.2, 0.25) is 0 Å². The van der Waals surface area contributed by atoms with E-state index in [4.69, 9.17) is 11.6 Å². The van der Waals surface area contributed by atoms with Gasteiger partial charge in [0.15, 0.2) is 12.1 Å². The molecule has 23 heavy (non-hydrogen) atoms. The SMILES string of the molecule is CC1=C(c2ccccc2C(=O)c2ccc(Cl)cc2)C(C=O)=NC1. The molecule has 1 aliphatic heterocycles. The second-order valence-electron chi connectivity index (χ2n) is 5.36. The van der Waals surface area contributed by atoms with E-state index in [9.17, 15) is 9.59 Å². The van der Waals surface area contributed by atoms with Crippen LogP contribution in [0.1, 0.15) is 28.4 Å². The summed E-state index contributed by atoms with van der Waals surface area (Å²) >= 11 is 5.88. The average molecular weight is 324 g/mol. The lowest BCUT2D eigenvalue weighted by Gasteiger charge is -2.11. The van der Waals surface area contributed by atoms with E-state index in [0.29, 0.717) is 28.4 Å². The lowest BCUT2D eigenvalue weighted by atomic mass is 9.90. The summed E-state index contributed by atoms with van der Waals surface area (Å²) < 4.78 is 0. The number of rotatable bonds is 4. The number of carbonyl (C=O) groups is 2. The predicted octanol–water partition coefficient (Wildman–Crippen LogP) is 4.00. The molecule has 3 rings (SSSR count). The first kappa shape index (κ1) is 15.4. The van der Waals surface area contributed by atoms with Crippen LogP contribution in [0.5, 0.6) is 0 Å². The van der Waals surface area contributed by atoms with Gasteiger partial charge in [-0.2, -0.15) is 0 Å². The summed E-state index contributed by atoms with van der Waals surface area (Å²) in [6.45, 7) is 2.42. The number of hydrogen-bond donors (Lipinski definition) is 0. The van der Waals surface area contributed by atoms with Crippen LogP contribution in [0.4, 0.5) is 0 Å². The van der Waals surface area contributed by atoms with Crippen molar-refractivity contribution in [1.82, 2.24) is 0 Å². The van der Waals surface area contributed by atoms with Crippen LogP contribution in [-0.4, -0.2) is 24.3 Å². The van der Waals surface area contributed by atoms with Crippen LogP contribution in [0.2, 0.25) is 5.02 Å². The zero-order chi connectivity index (χ0) is 16.4. The smallest absolute Gasteiger partial charge is 0.193 e. The van der Waals surface area contributed by atoms with Crippen LogP contribution < -0.4 is 0 Å². The van der Waals surface area contributed by atoms with Gasteiger partial charge in [-0.1, -0.05) is 35.9 Å². The Bertz CT molecular complexity index is 848. The maximum atomic E-state index is 12.8. The van der Waals surface area contributed by atoms with Crippen LogP contribution in [0.3, 0.4) is 0 Å². The predicted molar refractivity (Wildman–Crippen MR) is 92.3 cm³/mol. The largest absolute Gasteiger partial charge is 0.296 e. The van der Waals surface area contributed by atoms with Crippen molar-refractivity contribution in [3.63, 3.8) is 0 Å². The first-order chi connectivity index (χ1) is 11.1. The van der Waals surface area contributed by atoms with E-state index in [1.54, 1.807) is 30.3 Å². The second kappa shape index (κ2) is 6.31. The zero-order valence-electron chi connectivity index (χ0n) is 12.5. The molecular weight excluding hydrogens is 310 g/mol. The Morgan fingerprint density at radius 1 is 1.13 bits per heavy atom. The molecule has 114 valence electrons. The molecule has 3 nitrogen and oxygen atoms in total. The Hall–Kier alpha value is -2.52. The molecule has 0 saturated carbocycles. The number of carbonyl (C=O) groups excluding carboxylic acids is 2. The summed E-state index contributed by atoms with van der Waals surface area (Å²) in [4.78, 5) is 28.3. The second-order valence-corrected chi connectivity index (χ2v) is 5.79. The Morgan fingerprint density at radius 3 is 2.52 bits per heavy atom. The summed E-state index contributed by atoms with van der Waals surface area (Å²) in [5.74, 6) is -0.102. The van der Waals surface area contributed by atoms with E-state index in [-0.39, 0.29) is 5.78 Å². The molecule has 0 aromatic heterocycles. The summed E-state index contributed by atoms with van der Waals surface area (Å²) in [5, 5.41) is 0.583. The minimum atomic E-state index is -0.102. The van der Waals surface area contributed by atoms with Gasteiger partial charge in [0.1, 0.15) is 5.71 Å². The van der Waals surface area contributed by atoms with Crippen molar-refractivity contribution in [3.05, 3.63) is 75.8 Å². The van der Waals surface area contributed by atoms with E-state index in [0.717, 1.165) is 23.0 Å². The van der Waals surface area contributed by atoms with E-state index < -0.39 is 0 Å². The molecule has 2 aromatic rings. The molecule has 1 aliphatic rings. The van der Waals surface area contributed by atoms with Crippen molar-refractivity contribution in [2.75, 3.05) is 6.54 Å². The van der Waals surface area contributed by atoms with Gasteiger partial charge in [0, 0.05) is 21.7 Å². The number of aliphatic imine (C=N–C) groups is 1. The molecule has 0 N–H and O–H groups in total. The third-order valence-electron chi connectivity index (χ3n) is 3.83. The first-order valence-corrected chi connectivity index (χ1v) is 7.59. The molecule has 0 spiro atoms. The van der Waals surface area contributed by atoms with Crippen molar-refractivity contribution >= 4 is 35.0 Å². The highest BCUT2D eigenvalue weighted by atomic mass is 35.5. The highest BCUT2D eigenvalue weighted by Crippen LogP contribution is 2.29. The molecule has 0 atom stereocenters. The third-order valence-corrected chi connectivity index (χ3v) is 4.08. The third kappa shape index (κ3) is 2.88. The van der Waals surface area contributed by atoms with Crippen LogP contribution in [0, 0.1) is 0 Å². The summed E-state index contributed by atoms with van der Waals surface area (Å²) in [6.07, 6.45) is 0.745. The molecule has 4 heteroatoms. The summed E-state index contributed by atoms with van der Waals surface area (Å²) in [7, 11) is 0. The number of halogens is 1. The van der Waals surface area contributed by atoms with Crippen molar-refractivity contribution in [2.45, 2.75) is 6.92 Å². The molecule has 0 unspecified atom stereocenters. The molecule has 0 amide bonds. The molecule has 2 aromatic carbocycles. The lowest BCUT2D eigenvalue weighted by molar-refractivity contribution is -0.102. The summed E-state index contributed by atoms with van der Waals surface area (Å²) in [5.41, 5.74) is 4.01. The quantitative estimate of drug-likeness (QED) is 0.630. The number of benzene rings is 2. The van der Waals surface area contributed by atoms with Crippen LogP contribution in [0.25, 0.3) is 5.57 Å². The molecule has 0 aliphatic carbocycles. The Morgan fingerprint density at radius 2 is 1.83 bits per heavy atom. The molecule has 0 bridgehead atoms. The van der Waals surface area contributed by atoms with Crippen molar-refractivity contribution in [3.8, 4) is 0 Å². The molecule has 0 radical (unpaired) electrons. The Labute approximate surface area is 139 Å². The first-order valence-electron chi connectivity index (χ1n) is 7.21. The maximum absolute atomic E-state index is 12.8. The van der Waals surface area contributed by atoms with Gasteiger partial charge in [-0.3, -0.25) is 14.6 Å². The fourth-order valence-electron chi connectivity index (χ4n) is 2.70. The van der Waals surface area contributed by atoms with Crippen LogP contribution in [-0.2, 0) is 4.79 Å². The normalized spacial score (nSPS) is 13.9. The number of nitrogens with zero attached hydrogens (tertiary/aromatic N) is 1. The maximum Gasteiger partial charge on any atom is 0.193 e. The minimum Gasteiger partial charge on any atom is -0.296 e. The minimum absolute atomic E-state index is 0.102. The van der Waals surface area contributed by atoms with Gasteiger partial charge in [-0.05, 0) is 42.3 Å². The average Bonchev–Trinajstić information content (AvgIpc) is 2.95. The van der Waals surface area contributed by atoms with E-state index >= 15 is 0 Å². The zero-order valence-corrected chi connectivity index (χ0v) is 13.3. The highest BCUT2D eigenvalue weighted by molar-refractivity contribution is 6.50. The number of ketones is 1. The molecule has 0 fully saturated rings. The van der Waals surface area contributed by atoms with Crippen molar-refractivity contribution < 1.29 is 9.59 Å². The number of aldehydes is 1. The van der Waals surface area contributed by atoms with Gasteiger partial charge in [0.25, 0.3) is 0 Å². The lowest BCUT2D eigenvalue weighted by Crippen LogP contribution is -2.09. The van der Waals surface area contributed by atoms with Crippen molar-refractivity contribution in [2.24, 2.45) is 4.99 Å². The van der Waals surface area contributed by atoms with Crippen molar-refractivity contribution in [1.29, 1.82) is 0 Å². The van der Waals surface area contributed by atoms with Gasteiger partial charge in [0.05, 0.1) is 6.54 Å². The van der Waals surface area contributed by atoms with Crippen LogP contribution >= 0.6 is 11.6 Å². The molecular formula is C19H14ClNO2. The van der Waals surface area contributed by atoms with E-state index in [1.165, 1.54) is 0 Å². The highest BCUT2D eigenvalue weighted by Gasteiger charge is 2.23. The van der Waals surface area contributed by atoms with Gasteiger partial charge >= 0.3 is 0 Å². The number of allylic oxidation sites excluding steroid dienone is 1. The number of hydrogen-bond acceptors (Lipinski definition) is 3. The van der Waals surface area contributed by atoms with E-state index in [1.807, 2.05) is 25.1 Å². The fraction of sp³-hybridized carbons (Fsp3) is 0.105. The summed E-state index contributed by atoms with van der Waals surface area (Å²) in [6, 6.07) is 14.1. The van der Waals surface area contributed by atoms with Gasteiger partial charge < -0.3 is 0 Å². The monoisotopic (exact) mass is 323 g/mol. The van der Waals surface area contributed by atoms with Crippen LogP contribution in [0.15, 0.2) is 59.1 Å². The topological polar surface area (TPSA) is 46.5 Å². The van der Waals surface area contributed by atoms with E-state index in [2.05, 4.69) is 4.99 Å². The molecule has 0 saturated heterocycles. The molecule has 1 heterocycles. The fourth-order valence-corrected chi connectivity index (χ4v) is 2.83. The Balaban J connectivity index is 2.10. The van der Waals surface area contributed by atoms with Gasteiger partial charge in [-0.15, -0.1) is 0 Å².